The van der Waals surface area contributed by atoms with Gasteiger partial charge >= 0.3 is 0 Å². The number of hydrogen-bond donors (Lipinski definition) is 2. The number of nitrogens with one attached hydrogen (secondary N) is 2. The van der Waals surface area contributed by atoms with Crippen LogP contribution >= 0.6 is 23.2 Å². The van der Waals surface area contributed by atoms with Gasteiger partial charge in [0.2, 0.25) is 29.5 Å². The Morgan fingerprint density at radius 1 is 0.740 bits per heavy atom. The second-order valence-corrected chi connectivity index (χ2v) is 22.0. The van der Waals surface area contributed by atoms with E-state index in [2.05, 4.69) is 25.1 Å². The fourth-order valence-corrected chi connectivity index (χ4v) is 10.8. The number of nitrogens with zero attached hydrogens (tertiary/aromatic N) is 7. The molecule has 0 bridgehead atoms. The van der Waals surface area contributed by atoms with Crippen molar-refractivity contribution in [1.29, 1.82) is 0 Å². The Labute approximate surface area is 464 Å². The summed E-state index contributed by atoms with van der Waals surface area (Å²) in [7, 11) is 14.6. The van der Waals surface area contributed by atoms with E-state index in [-0.39, 0.29) is 62.7 Å². The first-order chi connectivity index (χ1) is 36.9. The molecule has 1 aliphatic carbocycles. The minimum atomic E-state index is -1.21. The number of hydrogen-bond acceptors (Lipinski definition) is 10. The highest BCUT2D eigenvalue weighted by Gasteiger charge is 2.40. The lowest BCUT2D eigenvalue weighted by Crippen LogP contribution is -2.59. The number of methoxy groups -OCH3 is 1. The molecule has 2 fully saturated rings. The first kappa shape index (κ1) is 58.4. The quantitative estimate of drug-likeness (QED) is 0.101. The third-order valence-electron chi connectivity index (χ3n) is 14.8. The molecular formula is C59H75Cl2N9O7. The van der Waals surface area contributed by atoms with Gasteiger partial charge in [0.05, 0.1) is 43.5 Å². The van der Waals surface area contributed by atoms with Crippen molar-refractivity contribution in [3.05, 3.63) is 136 Å². The first-order valence-electron chi connectivity index (χ1n) is 26.5. The van der Waals surface area contributed by atoms with Crippen LogP contribution in [0.1, 0.15) is 67.5 Å². The maximum absolute atomic E-state index is 15.7. The van der Waals surface area contributed by atoms with Crippen molar-refractivity contribution in [2.24, 2.45) is 13.0 Å². The molecule has 0 unspecified atom stereocenters. The zero-order chi connectivity index (χ0) is 55.3. The molecule has 7 rings (SSSR count). The van der Waals surface area contributed by atoms with Crippen molar-refractivity contribution in [2.45, 2.75) is 101 Å². The predicted molar refractivity (Wildman–Crippen MR) is 300 cm³/mol. The number of ether oxygens (including phenoxy) is 2. The molecule has 5 aromatic rings. The Morgan fingerprint density at radius 3 is 2.12 bits per heavy atom. The molecule has 18 heteroatoms. The molecule has 1 saturated carbocycles. The van der Waals surface area contributed by atoms with Crippen molar-refractivity contribution in [1.82, 2.24) is 44.7 Å². The maximum Gasteiger partial charge on any atom is 0.247 e. The molecule has 77 heavy (non-hydrogen) atoms. The lowest BCUT2D eigenvalue weighted by molar-refractivity contribution is -0.148. The summed E-state index contributed by atoms with van der Waals surface area (Å²) in [6, 6.07) is 25.8. The van der Waals surface area contributed by atoms with E-state index in [4.69, 9.17) is 32.7 Å². The van der Waals surface area contributed by atoms with Crippen molar-refractivity contribution < 1.29 is 33.4 Å². The third kappa shape index (κ3) is 15.7. The summed E-state index contributed by atoms with van der Waals surface area (Å²) >= 11 is 13.0. The SMILES string of the molecule is COC[C@@H]1NC(=O)[C@H](CCN(C)C)N(Cc2ccc(Cl)cc2Oc2ccc(-c3cnc(CN(C)C)n3C)cc2)C(=O)C[C@@H](Cc2ccccc2)C(=O)N(C)[C@H]2CCCC[C@@H]2NC(=O)C[C@H](Cc2ccc(Cl)cc2)N(C)C1=O. The van der Waals surface area contributed by atoms with Gasteiger partial charge in [-0.05, 0) is 126 Å². The number of likely N-dealkylation sites (N-methyl/N-ethyl adjacent to an activating group) is 2. The lowest BCUT2D eigenvalue weighted by Gasteiger charge is -2.41. The van der Waals surface area contributed by atoms with Crippen LogP contribution in [0.15, 0.2) is 103 Å². The molecule has 2 aliphatic rings. The van der Waals surface area contributed by atoms with Gasteiger partial charge in [0.15, 0.2) is 0 Å². The molecular weight excluding hydrogens is 1020 g/mol. The van der Waals surface area contributed by atoms with Crippen LogP contribution < -0.4 is 15.4 Å². The third-order valence-corrected chi connectivity index (χ3v) is 15.3. The topological polar surface area (TPSA) is 162 Å². The fourth-order valence-electron chi connectivity index (χ4n) is 10.5. The van der Waals surface area contributed by atoms with Crippen LogP contribution in [0.25, 0.3) is 11.3 Å². The van der Waals surface area contributed by atoms with E-state index >= 15 is 14.4 Å². The van der Waals surface area contributed by atoms with Gasteiger partial charge in [0.25, 0.3) is 0 Å². The van der Waals surface area contributed by atoms with Crippen LogP contribution in [0.4, 0.5) is 0 Å². The van der Waals surface area contributed by atoms with E-state index < -0.39 is 41.8 Å². The fraction of sp³-hybridized carbons (Fsp3) is 0.458. The summed E-state index contributed by atoms with van der Waals surface area (Å²) in [5.74, 6) is -1.10. The molecule has 412 valence electrons. The Kier molecular flexibility index (Phi) is 20.7. The highest BCUT2D eigenvalue weighted by molar-refractivity contribution is 6.31. The molecule has 6 atom stereocenters. The number of carbonyl (C=O) groups excluding carboxylic acids is 5. The summed E-state index contributed by atoms with van der Waals surface area (Å²) < 4.78 is 14.3. The van der Waals surface area contributed by atoms with Crippen molar-refractivity contribution in [3.63, 3.8) is 0 Å². The zero-order valence-corrected chi connectivity index (χ0v) is 47.2. The smallest absolute Gasteiger partial charge is 0.247 e. The van der Waals surface area contributed by atoms with Gasteiger partial charge < -0.3 is 49.2 Å². The molecule has 0 radical (unpaired) electrons. The summed E-state index contributed by atoms with van der Waals surface area (Å²) in [6.45, 7) is 0.748. The Morgan fingerprint density at radius 2 is 1.43 bits per heavy atom. The van der Waals surface area contributed by atoms with Gasteiger partial charge in [-0.15, -0.1) is 0 Å². The van der Waals surface area contributed by atoms with E-state index in [1.54, 1.807) is 49.3 Å². The van der Waals surface area contributed by atoms with E-state index in [1.807, 2.05) is 113 Å². The standard InChI is InChI=1S/C59H75Cl2N9O7/c1-65(2)29-28-51-57(73)64-49(38-76-8)59(75)67(5)46(31-40-18-23-44(60)24-19-40)34-55(71)63-48-16-12-13-17-50(48)69(7)58(74)43(30-39-14-10-9-11-15-39)32-56(72)70(51)36-42-20-25-45(61)33-53(42)77-47-26-21-41(22-27-47)52-35-62-54(68(52)6)37-66(3)4/h9-11,14-15,18-27,33,35,43,46,48-51H,12-13,16-17,28-32,34,36-38H2,1-8H3,(H,63,71)(H,64,73)/t43-,46+,48+,49+,50+,51+/m1/s1. The van der Waals surface area contributed by atoms with Gasteiger partial charge in [0, 0.05) is 74.4 Å². The predicted octanol–water partition coefficient (Wildman–Crippen LogP) is 7.64. The molecule has 1 aromatic heterocycles. The van der Waals surface area contributed by atoms with Gasteiger partial charge in [0.1, 0.15) is 29.4 Å². The zero-order valence-electron chi connectivity index (χ0n) is 45.7. The van der Waals surface area contributed by atoms with E-state index in [1.165, 1.54) is 16.9 Å². The van der Waals surface area contributed by atoms with Gasteiger partial charge in [-0.2, -0.15) is 0 Å². The van der Waals surface area contributed by atoms with Crippen LogP contribution in [0.2, 0.25) is 10.0 Å². The molecule has 4 aromatic carbocycles. The molecule has 1 aliphatic heterocycles. The number of fused-ring (bicyclic) bond motifs is 1. The second kappa shape index (κ2) is 27.3. The van der Waals surface area contributed by atoms with Crippen LogP contribution in [-0.2, 0) is 61.7 Å². The Bertz CT molecular complexity index is 2790. The monoisotopic (exact) mass is 1090 g/mol. The normalized spacial score (nSPS) is 21.5. The lowest BCUT2D eigenvalue weighted by atomic mass is 9.87. The molecule has 16 nitrogen and oxygen atoms in total. The number of carbonyl (C=O) groups is 5. The summed E-state index contributed by atoms with van der Waals surface area (Å²) in [6.07, 6.45) is 5.25. The molecule has 2 N–H and O–H groups in total. The maximum atomic E-state index is 15.7. The van der Waals surface area contributed by atoms with Gasteiger partial charge in [-0.25, -0.2) is 4.98 Å². The minimum absolute atomic E-state index is 0.0539. The van der Waals surface area contributed by atoms with Crippen molar-refractivity contribution in [2.75, 3.05) is 62.5 Å². The molecule has 0 spiro atoms. The largest absolute Gasteiger partial charge is 0.457 e. The highest BCUT2D eigenvalue weighted by Crippen LogP contribution is 2.34. The molecule has 2 heterocycles. The van der Waals surface area contributed by atoms with Crippen LogP contribution in [0.3, 0.4) is 0 Å². The average Bonchev–Trinajstić information content (AvgIpc) is 3.76. The van der Waals surface area contributed by atoms with Crippen molar-refractivity contribution >= 4 is 52.7 Å². The molecule has 5 amide bonds. The molecule has 1 saturated heterocycles. The van der Waals surface area contributed by atoms with Gasteiger partial charge in [-0.1, -0.05) is 84.6 Å². The second-order valence-electron chi connectivity index (χ2n) is 21.1. The van der Waals surface area contributed by atoms with Gasteiger partial charge in [-0.3, -0.25) is 24.0 Å². The number of rotatable bonds is 16. The van der Waals surface area contributed by atoms with Crippen LogP contribution in [0, 0.1) is 5.92 Å². The number of halogens is 2. The van der Waals surface area contributed by atoms with Crippen LogP contribution in [-0.4, -0.2) is 156 Å². The summed E-state index contributed by atoms with van der Waals surface area (Å²) in [4.78, 5) is 88.8. The average molecular weight is 1090 g/mol. The van der Waals surface area contributed by atoms with E-state index in [0.717, 1.165) is 41.1 Å². The first-order valence-corrected chi connectivity index (χ1v) is 27.2. The number of amides is 5. The Balaban J connectivity index is 1.31. The van der Waals surface area contributed by atoms with Crippen molar-refractivity contribution in [3.8, 4) is 22.8 Å². The number of aromatic nitrogens is 2. The van der Waals surface area contributed by atoms with E-state index in [9.17, 15) is 9.59 Å². The van der Waals surface area contributed by atoms with Crippen LogP contribution in [0.5, 0.6) is 11.5 Å². The summed E-state index contributed by atoms with van der Waals surface area (Å²) in [5, 5.41) is 7.21. The number of benzene rings is 4. The number of imidazole rings is 1. The highest BCUT2D eigenvalue weighted by atomic mass is 35.5. The summed E-state index contributed by atoms with van der Waals surface area (Å²) in [5.41, 5.74) is 4.15. The minimum Gasteiger partial charge on any atom is -0.457 e. The Hall–Kier alpha value is -6.30. The van der Waals surface area contributed by atoms with E-state index in [0.29, 0.717) is 59.5 Å².